The van der Waals surface area contributed by atoms with Crippen LogP contribution in [0.25, 0.3) is 21.5 Å². The van der Waals surface area contributed by atoms with Crippen LogP contribution >= 0.6 is 0 Å². The van der Waals surface area contributed by atoms with Crippen molar-refractivity contribution >= 4 is 39.3 Å². The number of fused-ring (bicyclic) bond motifs is 2. The van der Waals surface area contributed by atoms with Gasteiger partial charge in [-0.3, -0.25) is 9.59 Å². The summed E-state index contributed by atoms with van der Waals surface area (Å²) in [6, 6.07) is 25.7. The summed E-state index contributed by atoms with van der Waals surface area (Å²) in [5.41, 5.74) is 1.85. The van der Waals surface area contributed by atoms with E-state index in [1.807, 2.05) is 78.9 Å². The van der Waals surface area contributed by atoms with Crippen LogP contribution in [0.3, 0.4) is 0 Å². The number of hydrogen-bond donors (Lipinski definition) is 2. The Morgan fingerprint density at radius 2 is 1.31 bits per heavy atom. The third-order valence-corrected chi connectivity index (χ3v) is 6.07. The fraction of sp³-hybridized carbons (Fsp3) is 0.207. The lowest BCUT2D eigenvalue weighted by Crippen LogP contribution is -2.53. The molecule has 4 aromatic rings. The molecule has 0 aliphatic carbocycles. The second kappa shape index (κ2) is 10.8. The van der Waals surface area contributed by atoms with Crippen molar-refractivity contribution in [3.8, 4) is 0 Å². The molecule has 2 atom stereocenters. The number of esters is 1. The first kappa shape index (κ1) is 24.0. The van der Waals surface area contributed by atoms with Crippen LogP contribution < -0.4 is 10.6 Å². The Labute approximate surface area is 204 Å². The SMILES string of the molecule is COC(=O)[C@@H](Cc1c2ccccc2cc2ccccc12)NC(=O)[C@@H](Cc1ccccc1)NC(C)=O. The zero-order chi connectivity index (χ0) is 24.8. The molecule has 0 radical (unpaired) electrons. The molecule has 0 heterocycles. The summed E-state index contributed by atoms with van der Waals surface area (Å²) in [4.78, 5) is 37.9. The number of carbonyl (C=O) groups excluding carboxylic acids is 3. The van der Waals surface area contributed by atoms with Gasteiger partial charge in [-0.05, 0) is 38.7 Å². The highest BCUT2D eigenvalue weighted by molar-refractivity contribution is 6.03. The average Bonchev–Trinajstić information content (AvgIpc) is 2.87. The van der Waals surface area contributed by atoms with E-state index in [2.05, 4.69) is 16.7 Å². The van der Waals surface area contributed by atoms with Gasteiger partial charge in [0.15, 0.2) is 0 Å². The molecule has 0 saturated heterocycles. The van der Waals surface area contributed by atoms with Gasteiger partial charge in [0.25, 0.3) is 0 Å². The van der Waals surface area contributed by atoms with Gasteiger partial charge in [-0.25, -0.2) is 4.79 Å². The van der Waals surface area contributed by atoms with Crippen molar-refractivity contribution in [2.45, 2.75) is 31.8 Å². The van der Waals surface area contributed by atoms with Crippen molar-refractivity contribution in [2.75, 3.05) is 7.11 Å². The summed E-state index contributed by atoms with van der Waals surface area (Å²) < 4.78 is 5.05. The molecule has 178 valence electrons. The monoisotopic (exact) mass is 468 g/mol. The molecule has 4 rings (SSSR count). The van der Waals surface area contributed by atoms with E-state index in [1.54, 1.807) is 0 Å². The van der Waals surface area contributed by atoms with E-state index in [4.69, 9.17) is 4.74 Å². The molecular weight excluding hydrogens is 440 g/mol. The van der Waals surface area contributed by atoms with Crippen LogP contribution in [0.2, 0.25) is 0 Å². The number of ether oxygens (including phenoxy) is 1. The van der Waals surface area contributed by atoms with Crippen LogP contribution in [0.5, 0.6) is 0 Å². The number of methoxy groups -OCH3 is 1. The Hall–Kier alpha value is -4.19. The summed E-state index contributed by atoms with van der Waals surface area (Å²) in [5, 5.41) is 9.68. The lowest BCUT2D eigenvalue weighted by atomic mass is 9.92. The third-order valence-electron chi connectivity index (χ3n) is 6.07. The van der Waals surface area contributed by atoms with Gasteiger partial charge in [0.2, 0.25) is 11.8 Å². The molecule has 2 amide bonds. The molecule has 6 nitrogen and oxygen atoms in total. The number of amides is 2. The normalized spacial score (nSPS) is 12.6. The van der Waals surface area contributed by atoms with Gasteiger partial charge < -0.3 is 15.4 Å². The standard InChI is InChI=1S/C29H28N2O4/c1-19(32)30-26(16-20-10-4-3-5-11-20)28(33)31-27(29(34)35-2)18-25-23-14-8-6-12-21(23)17-22-13-7-9-15-24(22)25/h3-15,17,26-27H,16,18H2,1-2H3,(H,30,32)(H,31,33)/t26-,27-/m1/s1. The Kier molecular flexibility index (Phi) is 7.41. The topological polar surface area (TPSA) is 84.5 Å². The van der Waals surface area contributed by atoms with E-state index in [0.717, 1.165) is 32.7 Å². The van der Waals surface area contributed by atoms with E-state index >= 15 is 0 Å². The summed E-state index contributed by atoms with van der Waals surface area (Å²) in [6.07, 6.45) is 0.551. The fourth-order valence-corrected chi connectivity index (χ4v) is 4.44. The Bertz CT molecular complexity index is 1310. The van der Waals surface area contributed by atoms with Crippen molar-refractivity contribution in [2.24, 2.45) is 0 Å². The zero-order valence-corrected chi connectivity index (χ0v) is 19.8. The van der Waals surface area contributed by atoms with Gasteiger partial charge in [0, 0.05) is 19.8 Å². The Morgan fingerprint density at radius 1 is 0.743 bits per heavy atom. The molecule has 2 N–H and O–H groups in total. The number of rotatable bonds is 8. The van der Waals surface area contributed by atoms with Crippen molar-refractivity contribution in [3.63, 3.8) is 0 Å². The van der Waals surface area contributed by atoms with Crippen LogP contribution in [-0.4, -0.2) is 37.0 Å². The molecule has 4 aromatic carbocycles. The highest BCUT2D eigenvalue weighted by Gasteiger charge is 2.28. The van der Waals surface area contributed by atoms with Gasteiger partial charge in [-0.15, -0.1) is 0 Å². The lowest BCUT2D eigenvalue weighted by molar-refractivity contribution is -0.145. The number of carbonyl (C=O) groups is 3. The fourth-order valence-electron chi connectivity index (χ4n) is 4.44. The smallest absolute Gasteiger partial charge is 0.328 e. The van der Waals surface area contributed by atoms with Crippen molar-refractivity contribution in [1.29, 1.82) is 0 Å². The quantitative estimate of drug-likeness (QED) is 0.303. The van der Waals surface area contributed by atoms with Crippen molar-refractivity contribution < 1.29 is 19.1 Å². The van der Waals surface area contributed by atoms with E-state index in [9.17, 15) is 14.4 Å². The number of benzene rings is 4. The first-order valence-corrected chi connectivity index (χ1v) is 11.5. The van der Waals surface area contributed by atoms with E-state index in [0.29, 0.717) is 6.42 Å². The molecule has 0 unspecified atom stereocenters. The molecule has 0 bridgehead atoms. The lowest BCUT2D eigenvalue weighted by Gasteiger charge is -2.23. The molecule has 0 saturated carbocycles. The maximum absolute atomic E-state index is 13.3. The molecule has 0 fully saturated rings. The summed E-state index contributed by atoms with van der Waals surface area (Å²) in [7, 11) is 1.30. The largest absolute Gasteiger partial charge is 0.467 e. The second-order valence-corrected chi connectivity index (χ2v) is 8.53. The van der Waals surface area contributed by atoms with Gasteiger partial charge in [0.05, 0.1) is 7.11 Å². The second-order valence-electron chi connectivity index (χ2n) is 8.53. The molecular formula is C29H28N2O4. The van der Waals surface area contributed by atoms with Gasteiger partial charge in [-0.1, -0.05) is 78.9 Å². The van der Waals surface area contributed by atoms with Crippen LogP contribution in [0.4, 0.5) is 0 Å². The maximum Gasteiger partial charge on any atom is 0.328 e. The van der Waals surface area contributed by atoms with Crippen molar-refractivity contribution in [1.82, 2.24) is 10.6 Å². The minimum atomic E-state index is -0.922. The molecule has 0 aliphatic rings. The predicted octanol–water partition coefficient (Wildman–Crippen LogP) is 3.94. The highest BCUT2D eigenvalue weighted by atomic mass is 16.5. The zero-order valence-electron chi connectivity index (χ0n) is 19.8. The number of nitrogens with one attached hydrogen (secondary N) is 2. The summed E-state index contributed by atoms with van der Waals surface area (Å²) in [6.45, 7) is 1.37. The molecule has 0 aromatic heterocycles. The molecule has 35 heavy (non-hydrogen) atoms. The van der Waals surface area contributed by atoms with E-state index in [1.165, 1.54) is 14.0 Å². The number of hydrogen-bond acceptors (Lipinski definition) is 4. The van der Waals surface area contributed by atoms with E-state index < -0.39 is 24.0 Å². The first-order chi connectivity index (χ1) is 17.0. The summed E-state index contributed by atoms with van der Waals surface area (Å²) >= 11 is 0. The first-order valence-electron chi connectivity index (χ1n) is 11.5. The highest BCUT2D eigenvalue weighted by Crippen LogP contribution is 2.29. The Balaban J connectivity index is 1.67. The van der Waals surface area contributed by atoms with Gasteiger partial charge in [-0.2, -0.15) is 0 Å². The molecule has 0 spiro atoms. The van der Waals surface area contributed by atoms with Crippen LogP contribution in [0.15, 0.2) is 84.9 Å². The Morgan fingerprint density at radius 3 is 1.89 bits per heavy atom. The molecule has 6 heteroatoms. The van der Waals surface area contributed by atoms with Crippen LogP contribution in [-0.2, 0) is 32.0 Å². The van der Waals surface area contributed by atoms with Gasteiger partial charge >= 0.3 is 5.97 Å². The average molecular weight is 469 g/mol. The minimum Gasteiger partial charge on any atom is -0.467 e. The minimum absolute atomic E-state index is 0.248. The van der Waals surface area contributed by atoms with Crippen molar-refractivity contribution in [3.05, 3.63) is 96.1 Å². The molecule has 0 aliphatic heterocycles. The van der Waals surface area contributed by atoms with Crippen LogP contribution in [0.1, 0.15) is 18.1 Å². The predicted molar refractivity (Wildman–Crippen MR) is 137 cm³/mol. The maximum atomic E-state index is 13.3. The van der Waals surface area contributed by atoms with Gasteiger partial charge in [0.1, 0.15) is 12.1 Å². The summed E-state index contributed by atoms with van der Waals surface area (Å²) in [5.74, 6) is -1.31. The van der Waals surface area contributed by atoms with E-state index in [-0.39, 0.29) is 12.3 Å². The third kappa shape index (κ3) is 5.66. The van der Waals surface area contributed by atoms with Crippen LogP contribution in [0, 0.1) is 0 Å².